The van der Waals surface area contributed by atoms with Crippen molar-refractivity contribution in [2.75, 3.05) is 5.32 Å². The standard InChI is InChI=1S/C25H20N4O2S2/c1-15-8-10-18(11-9-15)19-13-32-25(27-19)28-22(30)21-16(2)20-23(33-21)26-14-29(24(20)31)12-17-6-4-3-5-7-17/h3-11,13-14H,12H2,1-2H3,(H,27,28,30). The van der Waals surface area contributed by atoms with E-state index >= 15 is 0 Å². The van der Waals surface area contributed by atoms with E-state index in [1.807, 2.05) is 66.9 Å². The summed E-state index contributed by atoms with van der Waals surface area (Å²) in [6.07, 6.45) is 1.55. The molecule has 0 fully saturated rings. The highest BCUT2D eigenvalue weighted by Crippen LogP contribution is 2.29. The second kappa shape index (κ2) is 8.73. The smallest absolute Gasteiger partial charge is 0.267 e. The molecule has 8 heteroatoms. The van der Waals surface area contributed by atoms with Crippen molar-refractivity contribution in [1.29, 1.82) is 0 Å². The van der Waals surface area contributed by atoms with Gasteiger partial charge in [-0.05, 0) is 25.0 Å². The van der Waals surface area contributed by atoms with Gasteiger partial charge in [0.1, 0.15) is 4.83 Å². The first-order chi connectivity index (χ1) is 16.0. The largest absolute Gasteiger partial charge is 0.297 e. The molecular formula is C25H20N4O2S2. The fraction of sp³-hybridized carbons (Fsp3) is 0.120. The van der Waals surface area contributed by atoms with Crippen molar-refractivity contribution in [1.82, 2.24) is 14.5 Å². The monoisotopic (exact) mass is 472 g/mol. The molecular weight excluding hydrogens is 452 g/mol. The average molecular weight is 473 g/mol. The molecule has 164 valence electrons. The summed E-state index contributed by atoms with van der Waals surface area (Å²) in [6.45, 7) is 4.26. The second-order valence-electron chi connectivity index (χ2n) is 7.76. The average Bonchev–Trinajstić information content (AvgIpc) is 3.42. The second-order valence-corrected chi connectivity index (χ2v) is 9.61. The molecule has 3 heterocycles. The fourth-order valence-corrected chi connectivity index (χ4v) is 5.36. The maximum Gasteiger partial charge on any atom is 0.267 e. The summed E-state index contributed by atoms with van der Waals surface area (Å²) in [6, 6.07) is 17.8. The Morgan fingerprint density at radius 3 is 2.58 bits per heavy atom. The maximum absolute atomic E-state index is 13.1. The summed E-state index contributed by atoms with van der Waals surface area (Å²) in [4.78, 5) is 36.2. The molecule has 0 spiro atoms. The van der Waals surface area contributed by atoms with Crippen molar-refractivity contribution in [3.8, 4) is 11.3 Å². The van der Waals surface area contributed by atoms with Crippen LogP contribution in [0.1, 0.15) is 26.4 Å². The van der Waals surface area contributed by atoms with Crippen molar-refractivity contribution in [2.24, 2.45) is 0 Å². The van der Waals surface area contributed by atoms with Gasteiger partial charge in [0, 0.05) is 10.9 Å². The van der Waals surface area contributed by atoms with Crippen LogP contribution in [0.3, 0.4) is 0 Å². The summed E-state index contributed by atoms with van der Waals surface area (Å²) < 4.78 is 1.58. The molecule has 0 bridgehead atoms. The van der Waals surface area contributed by atoms with Gasteiger partial charge in [-0.3, -0.25) is 19.5 Å². The molecule has 0 radical (unpaired) electrons. The van der Waals surface area contributed by atoms with E-state index < -0.39 is 0 Å². The van der Waals surface area contributed by atoms with Crippen LogP contribution in [0.4, 0.5) is 5.13 Å². The zero-order valence-electron chi connectivity index (χ0n) is 18.0. The Morgan fingerprint density at radius 1 is 1.06 bits per heavy atom. The van der Waals surface area contributed by atoms with Crippen LogP contribution >= 0.6 is 22.7 Å². The third-order valence-electron chi connectivity index (χ3n) is 5.39. The van der Waals surface area contributed by atoms with Gasteiger partial charge in [0.15, 0.2) is 5.13 Å². The van der Waals surface area contributed by atoms with Gasteiger partial charge >= 0.3 is 0 Å². The van der Waals surface area contributed by atoms with E-state index in [2.05, 4.69) is 15.3 Å². The number of nitrogens with one attached hydrogen (secondary N) is 1. The lowest BCUT2D eigenvalue weighted by Gasteiger charge is -2.05. The molecule has 0 saturated heterocycles. The number of fused-ring (bicyclic) bond motifs is 1. The Kier molecular flexibility index (Phi) is 5.62. The van der Waals surface area contributed by atoms with Gasteiger partial charge in [0.2, 0.25) is 0 Å². The zero-order chi connectivity index (χ0) is 22.9. The summed E-state index contributed by atoms with van der Waals surface area (Å²) in [7, 11) is 0. The van der Waals surface area contributed by atoms with Gasteiger partial charge in [-0.25, -0.2) is 9.97 Å². The molecule has 0 aliphatic carbocycles. The van der Waals surface area contributed by atoms with E-state index in [0.717, 1.165) is 16.8 Å². The Labute approximate surface area is 198 Å². The number of anilines is 1. The van der Waals surface area contributed by atoms with E-state index in [1.54, 1.807) is 17.8 Å². The lowest BCUT2D eigenvalue weighted by atomic mass is 10.1. The van der Waals surface area contributed by atoms with E-state index in [9.17, 15) is 9.59 Å². The van der Waals surface area contributed by atoms with Gasteiger partial charge < -0.3 is 0 Å². The summed E-state index contributed by atoms with van der Waals surface area (Å²) in [5.74, 6) is -0.283. The molecule has 0 atom stereocenters. The number of thiazole rings is 1. The predicted octanol–water partition coefficient (Wildman–Crippen LogP) is 5.50. The van der Waals surface area contributed by atoms with Crippen molar-refractivity contribution in [3.05, 3.63) is 98.2 Å². The highest BCUT2D eigenvalue weighted by Gasteiger charge is 2.20. The minimum absolute atomic E-state index is 0.146. The van der Waals surface area contributed by atoms with Crippen molar-refractivity contribution in [3.63, 3.8) is 0 Å². The van der Waals surface area contributed by atoms with Crippen LogP contribution in [0.2, 0.25) is 0 Å². The zero-order valence-corrected chi connectivity index (χ0v) is 19.7. The van der Waals surface area contributed by atoms with Gasteiger partial charge in [0.25, 0.3) is 11.5 Å². The van der Waals surface area contributed by atoms with E-state index in [-0.39, 0.29) is 11.5 Å². The number of benzene rings is 2. The predicted molar refractivity (Wildman–Crippen MR) is 134 cm³/mol. The number of hydrogen-bond donors (Lipinski definition) is 1. The maximum atomic E-state index is 13.1. The van der Waals surface area contributed by atoms with Crippen LogP contribution < -0.4 is 10.9 Å². The molecule has 0 unspecified atom stereocenters. The number of hydrogen-bond acceptors (Lipinski definition) is 6. The van der Waals surface area contributed by atoms with E-state index in [4.69, 9.17) is 0 Å². The Bertz CT molecular complexity index is 1520. The normalized spacial score (nSPS) is 11.1. The molecule has 0 aliphatic rings. The molecule has 0 saturated carbocycles. The van der Waals surface area contributed by atoms with Crippen LogP contribution in [0.15, 0.2) is 71.1 Å². The summed E-state index contributed by atoms with van der Waals surface area (Å²) >= 11 is 2.60. The molecule has 5 rings (SSSR count). The number of nitrogens with zero attached hydrogens (tertiary/aromatic N) is 3. The molecule has 2 aromatic carbocycles. The number of amides is 1. The van der Waals surface area contributed by atoms with Crippen molar-refractivity contribution < 1.29 is 4.79 Å². The SMILES string of the molecule is Cc1ccc(-c2csc(NC(=O)c3sc4ncn(Cc5ccccc5)c(=O)c4c3C)n2)cc1. The first-order valence-electron chi connectivity index (χ1n) is 10.4. The third kappa shape index (κ3) is 4.22. The number of rotatable bonds is 5. The third-order valence-corrected chi connectivity index (χ3v) is 7.35. The first kappa shape index (κ1) is 21.2. The Hall–Kier alpha value is -3.62. The van der Waals surface area contributed by atoms with Crippen LogP contribution in [0.25, 0.3) is 21.5 Å². The molecule has 1 amide bonds. The number of carbonyl (C=O) groups is 1. The van der Waals surface area contributed by atoms with Crippen LogP contribution in [0, 0.1) is 13.8 Å². The Balaban J connectivity index is 1.41. The van der Waals surface area contributed by atoms with Crippen LogP contribution in [-0.2, 0) is 6.54 Å². The van der Waals surface area contributed by atoms with Gasteiger partial charge in [0.05, 0.1) is 28.8 Å². The van der Waals surface area contributed by atoms with Crippen molar-refractivity contribution in [2.45, 2.75) is 20.4 Å². The summed E-state index contributed by atoms with van der Waals surface area (Å²) in [5.41, 5.74) is 4.50. The topological polar surface area (TPSA) is 76.9 Å². The molecule has 5 aromatic rings. The molecule has 6 nitrogen and oxygen atoms in total. The lowest BCUT2D eigenvalue weighted by Crippen LogP contribution is -2.21. The molecule has 3 aromatic heterocycles. The van der Waals surface area contributed by atoms with Crippen molar-refractivity contribution >= 4 is 43.9 Å². The first-order valence-corrected chi connectivity index (χ1v) is 12.1. The minimum atomic E-state index is -0.283. The lowest BCUT2D eigenvalue weighted by molar-refractivity contribution is 0.103. The number of aryl methyl sites for hydroxylation is 2. The van der Waals surface area contributed by atoms with E-state index in [1.165, 1.54) is 28.2 Å². The van der Waals surface area contributed by atoms with E-state index in [0.29, 0.717) is 32.3 Å². The number of thiophene rings is 1. The Morgan fingerprint density at radius 2 is 1.82 bits per heavy atom. The number of carbonyl (C=O) groups excluding carboxylic acids is 1. The highest BCUT2D eigenvalue weighted by molar-refractivity contribution is 7.21. The molecule has 0 aliphatic heterocycles. The van der Waals surface area contributed by atoms with Gasteiger partial charge in [-0.15, -0.1) is 22.7 Å². The summed E-state index contributed by atoms with van der Waals surface area (Å²) in [5, 5.41) is 5.80. The minimum Gasteiger partial charge on any atom is -0.297 e. The fourth-order valence-electron chi connectivity index (χ4n) is 3.61. The van der Waals surface area contributed by atoms with Crippen LogP contribution in [-0.4, -0.2) is 20.4 Å². The molecule has 1 N–H and O–H groups in total. The molecule has 33 heavy (non-hydrogen) atoms. The van der Waals surface area contributed by atoms with Gasteiger partial charge in [-0.1, -0.05) is 60.2 Å². The quantitative estimate of drug-likeness (QED) is 0.366. The van der Waals surface area contributed by atoms with Crippen LogP contribution in [0.5, 0.6) is 0 Å². The van der Waals surface area contributed by atoms with Gasteiger partial charge in [-0.2, -0.15) is 0 Å². The number of aromatic nitrogens is 3. The highest BCUT2D eigenvalue weighted by atomic mass is 32.1.